The number of halogens is 1. The molecule has 0 spiro atoms. The lowest BCUT2D eigenvalue weighted by Crippen LogP contribution is -2.33. The number of likely N-dealkylation sites (tertiary alicyclic amines) is 1. The molecule has 2 aliphatic heterocycles. The zero-order valence-corrected chi connectivity index (χ0v) is 12.4. The monoisotopic (exact) mass is 289 g/mol. The zero-order valence-electron chi connectivity index (χ0n) is 11.6. The first kappa shape index (κ1) is 13.8. The van der Waals surface area contributed by atoms with E-state index in [9.17, 15) is 0 Å². The Morgan fingerprint density at radius 2 is 1.85 bits per heavy atom. The number of aliphatic imine (C=N–C) groups is 2. The molecule has 3 nitrogen and oxygen atoms in total. The van der Waals surface area contributed by atoms with Crippen LogP contribution in [0.3, 0.4) is 0 Å². The summed E-state index contributed by atoms with van der Waals surface area (Å²) in [4.78, 5) is 11.7. The lowest BCUT2D eigenvalue weighted by atomic mass is 10.1. The van der Waals surface area contributed by atoms with Gasteiger partial charge < -0.3 is 0 Å². The van der Waals surface area contributed by atoms with Crippen molar-refractivity contribution in [3.8, 4) is 0 Å². The van der Waals surface area contributed by atoms with Gasteiger partial charge in [-0.3, -0.25) is 9.89 Å². The van der Waals surface area contributed by atoms with E-state index in [1.54, 1.807) is 0 Å². The largest absolute Gasteiger partial charge is 0.296 e. The number of rotatable bonds is 4. The predicted molar refractivity (Wildman–Crippen MR) is 85.2 cm³/mol. The van der Waals surface area contributed by atoms with E-state index in [0.29, 0.717) is 0 Å². The Kier molecular flexibility index (Phi) is 4.48. The molecular weight excluding hydrogens is 270 g/mol. The molecule has 1 unspecified atom stereocenters. The molecule has 2 heterocycles. The second-order valence-corrected chi connectivity index (χ2v) is 5.99. The van der Waals surface area contributed by atoms with E-state index in [-0.39, 0.29) is 6.04 Å². The predicted octanol–water partition coefficient (Wildman–Crippen LogP) is 3.22. The summed E-state index contributed by atoms with van der Waals surface area (Å²) < 4.78 is 0. The fourth-order valence-corrected chi connectivity index (χ4v) is 2.92. The van der Waals surface area contributed by atoms with Crippen LogP contribution < -0.4 is 0 Å². The summed E-state index contributed by atoms with van der Waals surface area (Å²) in [5.74, 6) is 0.992. The SMILES string of the molecule is Clc1ccc(CC2C=NC(CN3CCCCC3)=N2)cc1. The summed E-state index contributed by atoms with van der Waals surface area (Å²) in [5, 5.41) is 0.781. The number of benzene rings is 1. The van der Waals surface area contributed by atoms with Gasteiger partial charge in [0.15, 0.2) is 0 Å². The third kappa shape index (κ3) is 3.68. The first-order valence-corrected chi connectivity index (χ1v) is 7.75. The maximum Gasteiger partial charge on any atom is 0.137 e. The van der Waals surface area contributed by atoms with Gasteiger partial charge >= 0.3 is 0 Å². The second kappa shape index (κ2) is 6.51. The zero-order chi connectivity index (χ0) is 13.8. The fraction of sp³-hybridized carbons (Fsp3) is 0.500. The van der Waals surface area contributed by atoms with Crippen molar-refractivity contribution in [3.05, 3.63) is 34.9 Å². The molecule has 2 aliphatic rings. The average Bonchev–Trinajstić information content (AvgIpc) is 2.90. The highest BCUT2D eigenvalue weighted by Gasteiger charge is 2.17. The van der Waals surface area contributed by atoms with Gasteiger partial charge in [-0.15, -0.1) is 0 Å². The van der Waals surface area contributed by atoms with Gasteiger partial charge in [-0.1, -0.05) is 30.2 Å². The van der Waals surface area contributed by atoms with Gasteiger partial charge in [-0.05, 0) is 50.0 Å². The van der Waals surface area contributed by atoms with E-state index in [1.807, 2.05) is 18.3 Å². The van der Waals surface area contributed by atoms with Crippen LogP contribution in [0.15, 0.2) is 34.3 Å². The summed E-state index contributed by atoms with van der Waals surface area (Å²) in [7, 11) is 0. The van der Waals surface area contributed by atoms with Crippen molar-refractivity contribution in [2.75, 3.05) is 19.6 Å². The molecule has 0 aliphatic carbocycles. The van der Waals surface area contributed by atoms with E-state index in [0.717, 1.165) is 23.8 Å². The minimum Gasteiger partial charge on any atom is -0.296 e. The quantitative estimate of drug-likeness (QED) is 0.836. The van der Waals surface area contributed by atoms with Crippen LogP contribution in [0, 0.1) is 0 Å². The maximum atomic E-state index is 5.90. The summed E-state index contributed by atoms with van der Waals surface area (Å²) in [6.07, 6.45) is 6.87. The van der Waals surface area contributed by atoms with Crippen LogP contribution >= 0.6 is 11.6 Å². The molecule has 3 rings (SSSR count). The maximum absolute atomic E-state index is 5.90. The number of nitrogens with zero attached hydrogens (tertiary/aromatic N) is 3. The lowest BCUT2D eigenvalue weighted by Gasteiger charge is -2.25. The smallest absolute Gasteiger partial charge is 0.137 e. The van der Waals surface area contributed by atoms with Gasteiger partial charge in [0.2, 0.25) is 0 Å². The van der Waals surface area contributed by atoms with E-state index in [2.05, 4.69) is 22.0 Å². The molecular formula is C16H20ClN3. The van der Waals surface area contributed by atoms with Gasteiger partial charge in [0.1, 0.15) is 5.84 Å². The third-order valence-corrected chi connectivity index (χ3v) is 4.13. The summed E-state index contributed by atoms with van der Waals surface area (Å²) in [6.45, 7) is 3.29. The molecule has 0 bridgehead atoms. The molecule has 0 saturated carbocycles. The molecule has 1 atom stereocenters. The molecule has 0 N–H and O–H groups in total. The van der Waals surface area contributed by atoms with E-state index in [1.165, 1.54) is 37.9 Å². The van der Waals surface area contributed by atoms with Crippen LogP contribution in [0.25, 0.3) is 0 Å². The normalized spacial score (nSPS) is 23.1. The van der Waals surface area contributed by atoms with Crippen LogP contribution in [-0.2, 0) is 6.42 Å². The summed E-state index contributed by atoms with van der Waals surface area (Å²) in [6, 6.07) is 8.18. The molecule has 1 saturated heterocycles. The second-order valence-electron chi connectivity index (χ2n) is 5.56. The topological polar surface area (TPSA) is 28.0 Å². The van der Waals surface area contributed by atoms with Crippen molar-refractivity contribution in [1.29, 1.82) is 0 Å². The fourth-order valence-electron chi connectivity index (χ4n) is 2.79. The van der Waals surface area contributed by atoms with Crippen LogP contribution in [-0.4, -0.2) is 42.6 Å². The average molecular weight is 290 g/mol. The third-order valence-electron chi connectivity index (χ3n) is 3.88. The molecule has 1 aromatic rings. The van der Waals surface area contributed by atoms with Gasteiger partial charge in [0, 0.05) is 11.2 Å². The van der Waals surface area contributed by atoms with Crippen LogP contribution in [0.4, 0.5) is 0 Å². The molecule has 0 amide bonds. The van der Waals surface area contributed by atoms with Crippen molar-refractivity contribution in [3.63, 3.8) is 0 Å². The number of hydrogen-bond acceptors (Lipinski definition) is 3. The van der Waals surface area contributed by atoms with Crippen molar-refractivity contribution in [2.24, 2.45) is 9.98 Å². The highest BCUT2D eigenvalue weighted by atomic mass is 35.5. The Morgan fingerprint density at radius 3 is 2.60 bits per heavy atom. The molecule has 1 fully saturated rings. The van der Waals surface area contributed by atoms with E-state index >= 15 is 0 Å². The van der Waals surface area contributed by atoms with Crippen molar-refractivity contribution in [2.45, 2.75) is 31.7 Å². The van der Waals surface area contributed by atoms with Crippen LogP contribution in [0.2, 0.25) is 5.02 Å². The van der Waals surface area contributed by atoms with Crippen molar-refractivity contribution >= 4 is 23.7 Å². The number of hydrogen-bond donors (Lipinski definition) is 0. The number of amidine groups is 1. The highest BCUT2D eigenvalue weighted by molar-refractivity contribution is 6.30. The summed E-state index contributed by atoms with van der Waals surface area (Å²) in [5.41, 5.74) is 1.26. The van der Waals surface area contributed by atoms with Crippen molar-refractivity contribution < 1.29 is 0 Å². The summed E-state index contributed by atoms with van der Waals surface area (Å²) >= 11 is 5.90. The van der Waals surface area contributed by atoms with Gasteiger partial charge in [-0.25, -0.2) is 4.99 Å². The van der Waals surface area contributed by atoms with Gasteiger partial charge in [0.25, 0.3) is 0 Å². The van der Waals surface area contributed by atoms with Crippen LogP contribution in [0.5, 0.6) is 0 Å². The molecule has 106 valence electrons. The Morgan fingerprint density at radius 1 is 1.10 bits per heavy atom. The Balaban J connectivity index is 1.55. The molecule has 20 heavy (non-hydrogen) atoms. The lowest BCUT2D eigenvalue weighted by molar-refractivity contribution is 0.258. The molecule has 1 aromatic carbocycles. The minimum absolute atomic E-state index is 0.191. The van der Waals surface area contributed by atoms with E-state index < -0.39 is 0 Å². The van der Waals surface area contributed by atoms with E-state index in [4.69, 9.17) is 16.6 Å². The van der Waals surface area contributed by atoms with Crippen molar-refractivity contribution in [1.82, 2.24) is 4.90 Å². The number of piperidine rings is 1. The molecule has 0 radical (unpaired) electrons. The molecule has 4 heteroatoms. The van der Waals surface area contributed by atoms with Gasteiger partial charge in [0.05, 0.1) is 12.6 Å². The first-order valence-electron chi connectivity index (χ1n) is 7.37. The Hall–Kier alpha value is -1.19. The highest BCUT2D eigenvalue weighted by Crippen LogP contribution is 2.14. The van der Waals surface area contributed by atoms with Gasteiger partial charge in [-0.2, -0.15) is 0 Å². The molecule has 0 aromatic heterocycles. The Labute approximate surface area is 125 Å². The van der Waals surface area contributed by atoms with Crippen LogP contribution in [0.1, 0.15) is 24.8 Å². The Bertz CT molecular complexity index is 501. The standard InChI is InChI=1S/C16H20ClN3/c17-14-6-4-13(5-7-14)10-15-11-18-16(19-15)12-20-8-2-1-3-9-20/h4-7,11,15H,1-3,8-10,12H2. The first-order chi connectivity index (χ1) is 9.79. The minimum atomic E-state index is 0.191.